The molecule has 4 rings (SSSR count). The molecule has 7 atom stereocenters. The van der Waals surface area contributed by atoms with Crippen LogP contribution in [0.1, 0.15) is 70.9 Å². The topological polar surface area (TPSA) is 105 Å². The van der Waals surface area contributed by atoms with Gasteiger partial charge in [0, 0.05) is 39.0 Å². The predicted molar refractivity (Wildman–Crippen MR) is 120 cm³/mol. The van der Waals surface area contributed by atoms with Gasteiger partial charge >= 0.3 is 23.9 Å². The Hall–Kier alpha value is -2.90. The summed E-state index contributed by atoms with van der Waals surface area (Å²) in [4.78, 5) is 47.5. The maximum atomic E-state index is 12.1. The maximum Gasteiger partial charge on any atom is 0.308 e. The lowest BCUT2D eigenvalue weighted by atomic mass is 9.55. The van der Waals surface area contributed by atoms with Crippen LogP contribution < -0.4 is 4.74 Å². The van der Waals surface area contributed by atoms with Crippen LogP contribution in [0.3, 0.4) is 0 Å². The molecular weight excluding hydrogens is 440 g/mol. The van der Waals surface area contributed by atoms with Gasteiger partial charge in [0.15, 0.2) is 6.10 Å². The van der Waals surface area contributed by atoms with Crippen molar-refractivity contribution >= 4 is 23.9 Å². The molecule has 0 saturated heterocycles. The zero-order valence-electron chi connectivity index (χ0n) is 20.3. The van der Waals surface area contributed by atoms with Crippen molar-refractivity contribution in [3.8, 4) is 5.75 Å². The van der Waals surface area contributed by atoms with E-state index in [1.165, 1.54) is 33.3 Å². The fourth-order valence-corrected chi connectivity index (χ4v) is 6.80. The Bertz CT molecular complexity index is 1020. The van der Waals surface area contributed by atoms with Crippen LogP contribution in [-0.4, -0.2) is 42.2 Å². The summed E-state index contributed by atoms with van der Waals surface area (Å²) in [5, 5.41) is 0. The lowest BCUT2D eigenvalue weighted by molar-refractivity contribution is -0.178. The quantitative estimate of drug-likeness (QED) is 0.373. The second-order valence-electron chi connectivity index (χ2n) is 10.0. The third-order valence-corrected chi connectivity index (χ3v) is 7.78. The van der Waals surface area contributed by atoms with Gasteiger partial charge in [-0.25, -0.2) is 0 Å². The zero-order chi connectivity index (χ0) is 24.8. The molecule has 0 amide bonds. The van der Waals surface area contributed by atoms with Crippen LogP contribution in [0, 0.1) is 17.3 Å². The van der Waals surface area contributed by atoms with Crippen LogP contribution in [-0.2, 0) is 39.8 Å². The van der Waals surface area contributed by atoms with E-state index in [9.17, 15) is 19.2 Å². The van der Waals surface area contributed by atoms with E-state index in [1.807, 2.05) is 18.2 Å². The summed E-state index contributed by atoms with van der Waals surface area (Å²) in [6, 6.07) is 5.77. The van der Waals surface area contributed by atoms with Gasteiger partial charge in [-0.1, -0.05) is 13.0 Å². The number of rotatable bonds is 4. The number of esters is 4. The third-order valence-electron chi connectivity index (χ3n) is 7.78. The van der Waals surface area contributed by atoms with Gasteiger partial charge in [0.2, 0.25) is 0 Å². The number of carbonyl (C=O) groups excluding carboxylic acids is 4. The van der Waals surface area contributed by atoms with E-state index in [4.69, 9.17) is 18.9 Å². The van der Waals surface area contributed by atoms with Gasteiger partial charge in [0.1, 0.15) is 18.0 Å². The Morgan fingerprint density at radius 2 is 1.50 bits per heavy atom. The minimum Gasteiger partial charge on any atom is -0.458 e. The highest BCUT2D eigenvalue weighted by molar-refractivity contribution is 5.70. The molecule has 2 fully saturated rings. The Labute approximate surface area is 199 Å². The minimum absolute atomic E-state index is 0.147. The molecule has 8 heteroatoms. The Morgan fingerprint density at radius 1 is 0.853 bits per heavy atom. The van der Waals surface area contributed by atoms with Crippen molar-refractivity contribution in [1.29, 1.82) is 0 Å². The average molecular weight is 473 g/mol. The molecule has 3 aliphatic rings. The van der Waals surface area contributed by atoms with Crippen molar-refractivity contribution in [2.45, 2.75) is 84.5 Å². The van der Waals surface area contributed by atoms with Gasteiger partial charge in [-0.2, -0.15) is 0 Å². The smallest absolute Gasteiger partial charge is 0.308 e. The number of benzene rings is 1. The van der Waals surface area contributed by atoms with E-state index in [0.29, 0.717) is 5.75 Å². The van der Waals surface area contributed by atoms with E-state index in [0.717, 1.165) is 31.2 Å². The first-order valence-electron chi connectivity index (χ1n) is 11.8. The van der Waals surface area contributed by atoms with E-state index in [-0.39, 0.29) is 23.7 Å². The second kappa shape index (κ2) is 9.04. The largest absolute Gasteiger partial charge is 0.458 e. The average Bonchev–Trinajstić information content (AvgIpc) is 2.94. The molecule has 0 bridgehead atoms. The highest BCUT2D eigenvalue weighted by atomic mass is 16.6. The fourth-order valence-electron chi connectivity index (χ4n) is 6.80. The van der Waals surface area contributed by atoms with Crippen LogP contribution in [0.15, 0.2) is 18.2 Å². The summed E-state index contributed by atoms with van der Waals surface area (Å²) in [5.74, 6) is -1.04. The summed E-state index contributed by atoms with van der Waals surface area (Å²) >= 11 is 0. The zero-order valence-corrected chi connectivity index (χ0v) is 20.3. The normalized spacial score (nSPS) is 33.6. The van der Waals surface area contributed by atoms with Crippen LogP contribution in [0.25, 0.3) is 0 Å². The molecule has 0 N–H and O–H groups in total. The number of hydrogen-bond acceptors (Lipinski definition) is 8. The van der Waals surface area contributed by atoms with E-state index >= 15 is 0 Å². The molecule has 184 valence electrons. The SMILES string of the molecule is CC(=O)Oc1ccc2c(c1)CCC1C2CC[C@@]2(C)C1[C@@H](OC(C)=O)[C@@H](OC(C)=O)[C@@H]2OC(C)=O. The van der Waals surface area contributed by atoms with E-state index in [2.05, 4.69) is 6.92 Å². The molecule has 0 spiro atoms. The second-order valence-corrected chi connectivity index (χ2v) is 10.0. The summed E-state index contributed by atoms with van der Waals surface area (Å²) in [5.41, 5.74) is 1.84. The third kappa shape index (κ3) is 4.30. The van der Waals surface area contributed by atoms with Crippen LogP contribution in [0.2, 0.25) is 0 Å². The molecule has 3 aliphatic carbocycles. The van der Waals surface area contributed by atoms with Gasteiger partial charge in [0.25, 0.3) is 0 Å². The van der Waals surface area contributed by atoms with E-state index in [1.54, 1.807) is 0 Å². The van der Waals surface area contributed by atoms with Crippen LogP contribution in [0.4, 0.5) is 0 Å². The molecule has 0 heterocycles. The highest BCUT2D eigenvalue weighted by Crippen LogP contribution is 2.62. The number of fused-ring (bicyclic) bond motifs is 5. The van der Waals surface area contributed by atoms with Gasteiger partial charge in [-0.05, 0) is 60.8 Å². The molecule has 2 saturated carbocycles. The molecule has 8 nitrogen and oxygen atoms in total. The summed E-state index contributed by atoms with van der Waals surface area (Å²) in [6.45, 7) is 7.42. The van der Waals surface area contributed by atoms with Gasteiger partial charge in [-0.15, -0.1) is 0 Å². The van der Waals surface area contributed by atoms with Crippen LogP contribution >= 0.6 is 0 Å². The number of hydrogen-bond donors (Lipinski definition) is 0. The minimum atomic E-state index is -0.855. The first-order chi connectivity index (χ1) is 16.0. The Morgan fingerprint density at radius 3 is 2.12 bits per heavy atom. The molecule has 0 radical (unpaired) electrons. The highest BCUT2D eigenvalue weighted by Gasteiger charge is 2.67. The number of carbonyl (C=O) groups is 4. The van der Waals surface area contributed by atoms with Crippen molar-refractivity contribution < 1.29 is 38.1 Å². The van der Waals surface area contributed by atoms with Gasteiger partial charge < -0.3 is 18.9 Å². The van der Waals surface area contributed by atoms with Crippen molar-refractivity contribution in [1.82, 2.24) is 0 Å². The van der Waals surface area contributed by atoms with Crippen molar-refractivity contribution in [3.05, 3.63) is 29.3 Å². The lowest BCUT2D eigenvalue weighted by Gasteiger charge is -2.50. The Balaban J connectivity index is 1.74. The van der Waals surface area contributed by atoms with Crippen LogP contribution in [0.5, 0.6) is 5.75 Å². The number of ether oxygens (including phenoxy) is 4. The van der Waals surface area contributed by atoms with Crippen molar-refractivity contribution in [2.24, 2.45) is 17.3 Å². The predicted octanol–water partition coefficient (Wildman–Crippen LogP) is 3.48. The summed E-state index contributed by atoms with van der Waals surface area (Å²) < 4.78 is 22.5. The monoisotopic (exact) mass is 472 g/mol. The molecule has 1 aromatic carbocycles. The molecule has 3 unspecified atom stereocenters. The summed E-state index contributed by atoms with van der Waals surface area (Å²) in [6.07, 6.45) is 0.932. The lowest BCUT2D eigenvalue weighted by Crippen LogP contribution is -2.47. The molecule has 0 aliphatic heterocycles. The standard InChI is InChI=1S/C26H32O8/c1-13(27)31-18-7-9-19-17(12-18)6-8-21-20(19)10-11-26(5)22(21)23(32-14(2)28)24(33-15(3)29)25(26)34-16(4)30/h7,9,12,20-25H,6,8,10-11H2,1-5H3/t20?,21?,22?,23-,24-,25+,26+/m1/s1. The van der Waals surface area contributed by atoms with Gasteiger partial charge in [-0.3, -0.25) is 19.2 Å². The first kappa shape index (κ1) is 24.2. The van der Waals surface area contributed by atoms with Gasteiger partial charge in [0.05, 0.1) is 0 Å². The Kier molecular flexibility index (Phi) is 6.44. The summed E-state index contributed by atoms with van der Waals surface area (Å²) in [7, 11) is 0. The van der Waals surface area contributed by atoms with Crippen molar-refractivity contribution in [3.63, 3.8) is 0 Å². The maximum absolute atomic E-state index is 12.1. The van der Waals surface area contributed by atoms with E-state index < -0.39 is 41.6 Å². The molecule has 34 heavy (non-hydrogen) atoms. The molecule has 0 aromatic heterocycles. The molecule has 1 aromatic rings. The molecular formula is C26H32O8. The first-order valence-corrected chi connectivity index (χ1v) is 11.8. The number of aryl methyl sites for hydroxylation is 1. The fraction of sp³-hybridized carbons (Fsp3) is 0.615. The van der Waals surface area contributed by atoms with Crippen molar-refractivity contribution in [2.75, 3.05) is 0 Å².